The van der Waals surface area contributed by atoms with Gasteiger partial charge in [-0.15, -0.1) is 0 Å². The molecule has 2 aromatic carbocycles. The van der Waals surface area contributed by atoms with Gasteiger partial charge in [-0.25, -0.2) is 0 Å². The monoisotopic (exact) mass is 436 g/mol. The van der Waals surface area contributed by atoms with Gasteiger partial charge in [-0.2, -0.15) is 0 Å². The van der Waals surface area contributed by atoms with Crippen molar-refractivity contribution in [3.05, 3.63) is 53.1 Å². The van der Waals surface area contributed by atoms with Gasteiger partial charge in [0.15, 0.2) is 0 Å². The molecule has 1 saturated carbocycles. The Kier molecular flexibility index (Phi) is 5.99. The number of benzene rings is 2. The number of rotatable bonds is 6. The zero-order valence-electron chi connectivity index (χ0n) is 17.7. The molecule has 162 valence electrons. The number of carbonyl (C=O) groups excluding carboxylic acids is 1. The van der Waals surface area contributed by atoms with Crippen molar-refractivity contribution in [1.82, 2.24) is 15.2 Å². The fraction of sp³-hybridized carbons (Fsp3) is 0.400. The van der Waals surface area contributed by atoms with Crippen molar-refractivity contribution in [2.24, 2.45) is 0 Å². The van der Waals surface area contributed by atoms with E-state index in [1.54, 1.807) is 0 Å². The summed E-state index contributed by atoms with van der Waals surface area (Å²) in [6.45, 7) is 3.23. The molecule has 0 radical (unpaired) electrons. The number of aromatic nitrogens is 1. The van der Waals surface area contributed by atoms with Crippen LogP contribution < -0.4 is 10.6 Å². The molecule has 1 unspecified atom stereocenters. The Morgan fingerprint density at radius 3 is 2.74 bits per heavy atom. The SMILES string of the molecule is O=CC1CN(Cc2c(-c3ccccc3)[nH]c3c(NC4CCCC4)cc(Cl)cc23)CCN1. The van der Waals surface area contributed by atoms with Crippen LogP contribution in [0.15, 0.2) is 42.5 Å². The lowest BCUT2D eigenvalue weighted by atomic mass is 10.0. The first kappa shape index (κ1) is 20.6. The van der Waals surface area contributed by atoms with Crippen molar-refractivity contribution in [3.63, 3.8) is 0 Å². The molecule has 31 heavy (non-hydrogen) atoms. The average Bonchev–Trinajstić information content (AvgIpc) is 3.43. The molecule has 2 fully saturated rings. The van der Waals surface area contributed by atoms with Crippen LogP contribution in [0.4, 0.5) is 5.69 Å². The van der Waals surface area contributed by atoms with Gasteiger partial charge >= 0.3 is 0 Å². The van der Waals surface area contributed by atoms with Crippen molar-refractivity contribution < 1.29 is 4.79 Å². The lowest BCUT2D eigenvalue weighted by Gasteiger charge is -2.31. The zero-order valence-corrected chi connectivity index (χ0v) is 18.4. The number of carbonyl (C=O) groups is 1. The first-order valence-electron chi connectivity index (χ1n) is 11.3. The Bertz CT molecular complexity index is 1060. The number of nitrogens with one attached hydrogen (secondary N) is 3. The summed E-state index contributed by atoms with van der Waals surface area (Å²) in [5, 5.41) is 8.93. The number of anilines is 1. The van der Waals surface area contributed by atoms with Gasteiger partial charge in [-0.3, -0.25) is 4.90 Å². The van der Waals surface area contributed by atoms with Crippen LogP contribution in [0.25, 0.3) is 22.2 Å². The fourth-order valence-corrected chi connectivity index (χ4v) is 5.25. The van der Waals surface area contributed by atoms with E-state index in [4.69, 9.17) is 11.6 Å². The van der Waals surface area contributed by atoms with Crippen LogP contribution >= 0.6 is 11.6 Å². The van der Waals surface area contributed by atoms with Crippen LogP contribution in [-0.2, 0) is 11.3 Å². The first-order chi connectivity index (χ1) is 15.2. The highest BCUT2D eigenvalue weighted by Gasteiger charge is 2.24. The number of fused-ring (bicyclic) bond motifs is 1. The van der Waals surface area contributed by atoms with Gasteiger partial charge in [0, 0.05) is 42.6 Å². The highest BCUT2D eigenvalue weighted by atomic mass is 35.5. The molecule has 1 saturated heterocycles. The van der Waals surface area contributed by atoms with Gasteiger partial charge in [-0.05, 0) is 36.1 Å². The summed E-state index contributed by atoms with van der Waals surface area (Å²) in [7, 11) is 0. The van der Waals surface area contributed by atoms with E-state index in [2.05, 4.69) is 50.8 Å². The largest absolute Gasteiger partial charge is 0.381 e. The molecule has 6 heteroatoms. The molecule has 2 aliphatic rings. The maximum Gasteiger partial charge on any atom is 0.138 e. The number of piperazine rings is 1. The Morgan fingerprint density at radius 1 is 1.16 bits per heavy atom. The Labute approximate surface area is 188 Å². The lowest BCUT2D eigenvalue weighted by molar-refractivity contribution is -0.110. The highest BCUT2D eigenvalue weighted by Crippen LogP contribution is 2.38. The summed E-state index contributed by atoms with van der Waals surface area (Å²) >= 11 is 6.60. The van der Waals surface area contributed by atoms with Crippen molar-refractivity contribution in [3.8, 4) is 11.3 Å². The molecule has 1 aromatic heterocycles. The van der Waals surface area contributed by atoms with E-state index in [0.29, 0.717) is 6.04 Å². The molecular weight excluding hydrogens is 408 g/mol. The van der Waals surface area contributed by atoms with E-state index in [0.717, 1.165) is 59.8 Å². The Balaban J connectivity index is 1.59. The third kappa shape index (κ3) is 4.36. The van der Waals surface area contributed by atoms with Crippen molar-refractivity contribution in [2.75, 3.05) is 25.0 Å². The van der Waals surface area contributed by atoms with E-state index in [9.17, 15) is 4.79 Å². The second-order valence-electron chi connectivity index (χ2n) is 8.78. The minimum absolute atomic E-state index is 0.109. The third-order valence-electron chi connectivity index (χ3n) is 6.59. The fourth-order valence-electron chi connectivity index (χ4n) is 5.03. The number of hydrogen-bond acceptors (Lipinski definition) is 4. The number of nitrogens with zero attached hydrogens (tertiary/aromatic N) is 1. The molecule has 1 aliphatic heterocycles. The Morgan fingerprint density at radius 2 is 1.97 bits per heavy atom. The predicted octanol–water partition coefficient (Wildman–Crippen LogP) is 4.82. The standard InChI is InChI=1S/C25H29ClN4O/c26-18-12-21-22(15-30-11-10-27-20(14-30)16-31)24(17-6-2-1-3-7-17)29-25(21)23(13-18)28-19-8-4-5-9-19/h1-3,6-7,12-13,16,19-20,27-29H,4-5,8-11,14-15H2. The summed E-state index contributed by atoms with van der Waals surface area (Å²) in [5.74, 6) is 0. The van der Waals surface area contributed by atoms with E-state index >= 15 is 0 Å². The molecule has 0 bridgehead atoms. The lowest BCUT2D eigenvalue weighted by Crippen LogP contribution is -2.50. The smallest absolute Gasteiger partial charge is 0.138 e. The quantitative estimate of drug-likeness (QED) is 0.485. The average molecular weight is 437 g/mol. The number of hydrogen-bond donors (Lipinski definition) is 3. The molecular formula is C25H29ClN4O. The van der Waals surface area contributed by atoms with Crippen LogP contribution in [0.3, 0.4) is 0 Å². The highest BCUT2D eigenvalue weighted by molar-refractivity contribution is 6.32. The number of H-pyrrole nitrogens is 1. The number of aromatic amines is 1. The summed E-state index contributed by atoms with van der Waals surface area (Å²) in [6.07, 6.45) is 6.00. The van der Waals surface area contributed by atoms with Gasteiger partial charge < -0.3 is 20.4 Å². The molecule has 5 rings (SSSR count). The number of halogens is 1. The molecule has 0 amide bonds. The Hall–Kier alpha value is -2.34. The van der Waals surface area contributed by atoms with Crippen LogP contribution in [0.1, 0.15) is 31.2 Å². The van der Waals surface area contributed by atoms with Crippen molar-refractivity contribution in [2.45, 2.75) is 44.3 Å². The van der Waals surface area contributed by atoms with Gasteiger partial charge in [0.1, 0.15) is 6.29 Å². The first-order valence-corrected chi connectivity index (χ1v) is 11.7. The van der Waals surface area contributed by atoms with Gasteiger partial charge in [0.25, 0.3) is 0 Å². The zero-order chi connectivity index (χ0) is 21.2. The van der Waals surface area contributed by atoms with Crippen LogP contribution in [0.2, 0.25) is 5.02 Å². The van der Waals surface area contributed by atoms with E-state index in [1.807, 2.05) is 12.1 Å². The van der Waals surface area contributed by atoms with Crippen molar-refractivity contribution in [1.29, 1.82) is 0 Å². The maximum absolute atomic E-state index is 11.3. The molecule has 0 spiro atoms. The topological polar surface area (TPSA) is 60.2 Å². The molecule has 3 aromatic rings. The third-order valence-corrected chi connectivity index (χ3v) is 6.81. The molecule has 2 heterocycles. The molecule has 1 aliphatic carbocycles. The van der Waals surface area contributed by atoms with E-state index < -0.39 is 0 Å². The normalized spacial score (nSPS) is 20.4. The minimum atomic E-state index is -0.109. The second kappa shape index (κ2) is 9.03. The van der Waals surface area contributed by atoms with E-state index in [1.165, 1.54) is 36.8 Å². The maximum atomic E-state index is 11.3. The van der Waals surface area contributed by atoms with Gasteiger partial charge in [-0.1, -0.05) is 54.8 Å². The van der Waals surface area contributed by atoms with Crippen LogP contribution in [-0.4, -0.2) is 47.9 Å². The van der Waals surface area contributed by atoms with Gasteiger partial charge in [0.2, 0.25) is 0 Å². The summed E-state index contributed by atoms with van der Waals surface area (Å²) in [6, 6.07) is 15.0. The summed E-state index contributed by atoms with van der Waals surface area (Å²) in [5.41, 5.74) is 5.74. The minimum Gasteiger partial charge on any atom is -0.381 e. The molecule has 3 N–H and O–H groups in total. The molecule has 1 atom stereocenters. The predicted molar refractivity (Wildman–Crippen MR) is 128 cm³/mol. The van der Waals surface area contributed by atoms with E-state index in [-0.39, 0.29) is 6.04 Å². The van der Waals surface area contributed by atoms with Crippen molar-refractivity contribution >= 4 is 34.5 Å². The summed E-state index contributed by atoms with van der Waals surface area (Å²) in [4.78, 5) is 17.4. The summed E-state index contributed by atoms with van der Waals surface area (Å²) < 4.78 is 0. The van der Waals surface area contributed by atoms with Gasteiger partial charge in [0.05, 0.1) is 22.9 Å². The molecule has 5 nitrogen and oxygen atoms in total. The number of aldehydes is 1. The van der Waals surface area contributed by atoms with Crippen LogP contribution in [0.5, 0.6) is 0 Å². The second-order valence-corrected chi connectivity index (χ2v) is 9.21. The van der Waals surface area contributed by atoms with Crippen LogP contribution in [0, 0.1) is 0 Å².